The molecule has 0 radical (unpaired) electrons. The zero-order valence-corrected chi connectivity index (χ0v) is 16.7. The second kappa shape index (κ2) is 7.78. The molecule has 0 atom stereocenters. The molecule has 2 aliphatic rings. The number of ketones is 1. The molecule has 0 unspecified atom stereocenters. The Labute approximate surface area is 165 Å². The zero-order valence-electron chi connectivity index (χ0n) is 16.7. The lowest BCUT2D eigenvalue weighted by atomic mass is 9.94. The van der Waals surface area contributed by atoms with Gasteiger partial charge in [0.15, 0.2) is 5.78 Å². The largest absolute Gasteiger partial charge is 0.357 e. The van der Waals surface area contributed by atoms with Crippen molar-refractivity contribution in [2.24, 2.45) is 5.92 Å². The highest BCUT2D eigenvalue weighted by Crippen LogP contribution is 2.26. The molecule has 2 aromatic heterocycles. The van der Waals surface area contributed by atoms with Crippen molar-refractivity contribution in [3.05, 3.63) is 46.4 Å². The van der Waals surface area contributed by atoms with Crippen molar-refractivity contribution in [1.82, 2.24) is 15.3 Å². The summed E-state index contributed by atoms with van der Waals surface area (Å²) < 4.78 is 0. The van der Waals surface area contributed by atoms with Gasteiger partial charge < -0.3 is 15.2 Å². The summed E-state index contributed by atoms with van der Waals surface area (Å²) >= 11 is 0. The van der Waals surface area contributed by atoms with Crippen molar-refractivity contribution in [3.8, 4) is 0 Å². The smallest absolute Gasteiger partial charge is 0.268 e. The van der Waals surface area contributed by atoms with Crippen molar-refractivity contribution in [2.45, 2.75) is 52.5 Å². The van der Waals surface area contributed by atoms with E-state index >= 15 is 0 Å². The van der Waals surface area contributed by atoms with Gasteiger partial charge in [0, 0.05) is 43.5 Å². The van der Waals surface area contributed by atoms with Crippen molar-refractivity contribution < 1.29 is 9.59 Å². The van der Waals surface area contributed by atoms with Crippen LogP contribution in [-0.4, -0.2) is 34.7 Å². The van der Waals surface area contributed by atoms with Gasteiger partial charge in [-0.05, 0) is 55.7 Å². The van der Waals surface area contributed by atoms with Crippen LogP contribution in [0, 0.1) is 12.8 Å². The second-order valence-corrected chi connectivity index (χ2v) is 8.13. The van der Waals surface area contributed by atoms with Crippen LogP contribution in [0.15, 0.2) is 18.3 Å². The minimum absolute atomic E-state index is 0.140. The summed E-state index contributed by atoms with van der Waals surface area (Å²) in [6.45, 7) is 6.68. The number of pyridine rings is 1. The number of aromatic nitrogens is 2. The fourth-order valence-corrected chi connectivity index (χ4v) is 4.22. The topological polar surface area (TPSA) is 78.1 Å². The number of carbonyl (C=O) groups excluding carboxylic acids is 2. The second-order valence-electron chi connectivity index (χ2n) is 8.13. The summed E-state index contributed by atoms with van der Waals surface area (Å²) in [6, 6.07) is 4.06. The Morgan fingerprint density at radius 1 is 1.29 bits per heavy atom. The normalized spacial score (nSPS) is 17.5. The third-order valence-electron chi connectivity index (χ3n) is 6.03. The van der Waals surface area contributed by atoms with Crippen molar-refractivity contribution in [3.63, 3.8) is 0 Å². The van der Waals surface area contributed by atoms with E-state index in [0.29, 0.717) is 18.7 Å². The predicted octanol–water partition coefficient (Wildman–Crippen LogP) is 3.40. The first-order chi connectivity index (χ1) is 13.5. The van der Waals surface area contributed by atoms with Crippen LogP contribution in [0.25, 0.3) is 0 Å². The van der Waals surface area contributed by atoms with Crippen LogP contribution in [0.5, 0.6) is 0 Å². The zero-order chi connectivity index (χ0) is 19.7. The molecule has 1 fully saturated rings. The van der Waals surface area contributed by atoms with Crippen molar-refractivity contribution in [2.75, 3.05) is 18.0 Å². The summed E-state index contributed by atoms with van der Waals surface area (Å²) in [6.07, 6.45) is 6.50. The fourth-order valence-electron chi connectivity index (χ4n) is 4.22. The highest BCUT2D eigenvalue weighted by atomic mass is 16.2. The molecule has 1 amide bonds. The number of nitrogens with zero attached hydrogens (tertiary/aromatic N) is 2. The molecule has 28 heavy (non-hydrogen) atoms. The Morgan fingerprint density at radius 2 is 2.07 bits per heavy atom. The van der Waals surface area contributed by atoms with Gasteiger partial charge in [-0.1, -0.05) is 13.0 Å². The number of amides is 1. The third-order valence-corrected chi connectivity index (χ3v) is 6.03. The van der Waals surface area contributed by atoms with Crippen LogP contribution < -0.4 is 10.2 Å². The quantitative estimate of drug-likeness (QED) is 0.852. The minimum Gasteiger partial charge on any atom is -0.357 e. The maximum atomic E-state index is 12.6. The van der Waals surface area contributed by atoms with Crippen molar-refractivity contribution in [1.29, 1.82) is 0 Å². The Hall–Kier alpha value is -2.63. The molecule has 3 heterocycles. The lowest BCUT2D eigenvalue weighted by Crippen LogP contribution is -2.33. The van der Waals surface area contributed by atoms with Gasteiger partial charge in [0.2, 0.25) is 0 Å². The molecule has 6 heteroatoms. The first kappa shape index (κ1) is 18.7. The van der Waals surface area contributed by atoms with Crippen molar-refractivity contribution >= 4 is 17.5 Å². The van der Waals surface area contributed by atoms with E-state index in [1.807, 2.05) is 25.3 Å². The number of Topliss-reactive ketones (excluding diaryl/α,β-unsaturated/α-hetero) is 1. The number of piperidine rings is 1. The van der Waals surface area contributed by atoms with Gasteiger partial charge in [0.1, 0.15) is 11.5 Å². The molecule has 1 aliphatic heterocycles. The maximum Gasteiger partial charge on any atom is 0.268 e. The highest BCUT2D eigenvalue weighted by Gasteiger charge is 2.26. The van der Waals surface area contributed by atoms with Crippen LogP contribution in [0.4, 0.5) is 5.82 Å². The number of aromatic amines is 1. The molecule has 0 saturated carbocycles. The highest BCUT2D eigenvalue weighted by molar-refractivity contribution is 6.04. The Bertz CT molecular complexity index is 877. The van der Waals surface area contributed by atoms with E-state index in [9.17, 15) is 9.59 Å². The summed E-state index contributed by atoms with van der Waals surface area (Å²) in [5.41, 5.74) is 3.86. The van der Waals surface area contributed by atoms with Gasteiger partial charge in [-0.3, -0.25) is 9.59 Å². The van der Waals surface area contributed by atoms with E-state index in [0.717, 1.165) is 60.1 Å². The average molecular weight is 380 g/mol. The summed E-state index contributed by atoms with van der Waals surface area (Å²) in [4.78, 5) is 34.8. The van der Waals surface area contributed by atoms with Crippen LogP contribution in [0.3, 0.4) is 0 Å². The summed E-state index contributed by atoms with van der Waals surface area (Å²) in [5, 5.41) is 2.95. The number of H-pyrrole nitrogens is 1. The summed E-state index contributed by atoms with van der Waals surface area (Å²) in [5.74, 6) is 1.77. The van der Waals surface area contributed by atoms with Crippen LogP contribution >= 0.6 is 0 Å². The maximum absolute atomic E-state index is 12.6. The molecular formula is C22H28N4O2. The molecule has 0 bridgehead atoms. The molecule has 148 valence electrons. The molecule has 4 rings (SSSR count). The van der Waals surface area contributed by atoms with Crippen LogP contribution in [-0.2, 0) is 13.0 Å². The third kappa shape index (κ3) is 3.68. The van der Waals surface area contributed by atoms with Gasteiger partial charge in [0.25, 0.3) is 5.91 Å². The van der Waals surface area contributed by atoms with E-state index < -0.39 is 0 Å². The number of anilines is 1. The van der Waals surface area contributed by atoms with E-state index in [1.54, 1.807) is 0 Å². The Kier molecular flexibility index (Phi) is 5.20. The van der Waals surface area contributed by atoms with E-state index in [-0.39, 0.29) is 11.7 Å². The molecule has 2 N–H and O–H groups in total. The summed E-state index contributed by atoms with van der Waals surface area (Å²) in [7, 11) is 0. The van der Waals surface area contributed by atoms with E-state index in [2.05, 4.69) is 27.1 Å². The number of rotatable bonds is 4. The molecule has 1 aliphatic carbocycles. The standard InChI is InChI=1S/C22H28N4O2/c1-14-8-10-26(11-9-14)19-7-6-16(12-23-19)13-24-22(28)21-15(2)20-17(25-21)4-3-5-18(20)27/h6-7,12,14,25H,3-5,8-11,13H2,1-2H3,(H,24,28). The lowest BCUT2D eigenvalue weighted by molar-refractivity contribution is 0.0945. The predicted molar refractivity (Wildman–Crippen MR) is 109 cm³/mol. The van der Waals surface area contributed by atoms with E-state index in [4.69, 9.17) is 0 Å². The fraction of sp³-hybridized carbons (Fsp3) is 0.500. The van der Waals surface area contributed by atoms with E-state index in [1.165, 1.54) is 12.8 Å². The molecule has 0 aromatic carbocycles. The first-order valence-electron chi connectivity index (χ1n) is 10.3. The minimum atomic E-state index is -0.172. The molecule has 6 nitrogen and oxygen atoms in total. The number of fused-ring (bicyclic) bond motifs is 1. The number of carbonyl (C=O) groups is 2. The number of aryl methyl sites for hydroxylation is 1. The van der Waals surface area contributed by atoms with Gasteiger partial charge in [-0.2, -0.15) is 0 Å². The van der Waals surface area contributed by atoms with Gasteiger partial charge in [-0.25, -0.2) is 4.98 Å². The molecule has 2 aromatic rings. The SMILES string of the molecule is Cc1c(C(=O)NCc2ccc(N3CCC(C)CC3)nc2)[nH]c2c1C(=O)CCC2. The first-order valence-corrected chi connectivity index (χ1v) is 10.3. The lowest BCUT2D eigenvalue weighted by Gasteiger charge is -2.31. The van der Waals surface area contributed by atoms with Gasteiger partial charge in [0.05, 0.1) is 0 Å². The Balaban J connectivity index is 1.38. The van der Waals surface area contributed by atoms with Gasteiger partial charge >= 0.3 is 0 Å². The molecule has 1 saturated heterocycles. The van der Waals surface area contributed by atoms with Crippen LogP contribution in [0.2, 0.25) is 0 Å². The Morgan fingerprint density at radius 3 is 2.75 bits per heavy atom. The number of hydrogen-bond acceptors (Lipinski definition) is 4. The van der Waals surface area contributed by atoms with Crippen LogP contribution in [0.1, 0.15) is 70.3 Å². The number of nitrogens with one attached hydrogen (secondary N) is 2. The molecular weight excluding hydrogens is 352 g/mol. The number of hydrogen-bond donors (Lipinski definition) is 2. The molecule has 0 spiro atoms. The van der Waals surface area contributed by atoms with Gasteiger partial charge in [-0.15, -0.1) is 0 Å². The monoisotopic (exact) mass is 380 g/mol. The average Bonchev–Trinajstić information content (AvgIpc) is 3.05.